The molecule has 0 spiro atoms. The van der Waals surface area contributed by atoms with Gasteiger partial charge in [0.2, 0.25) is 0 Å². The monoisotopic (exact) mass is 453 g/mol. The van der Waals surface area contributed by atoms with Gasteiger partial charge < -0.3 is 16.2 Å². The molecule has 0 radical (unpaired) electrons. The van der Waals surface area contributed by atoms with Gasteiger partial charge in [-0.2, -0.15) is 0 Å². The van der Waals surface area contributed by atoms with Crippen LogP contribution in [0.25, 0.3) is 0 Å². The van der Waals surface area contributed by atoms with Crippen LogP contribution in [0.4, 0.5) is 5.69 Å². The number of nitrogens with one attached hydrogen (secondary N) is 1. The van der Waals surface area contributed by atoms with Crippen LogP contribution in [-0.2, 0) is 18.4 Å². The van der Waals surface area contributed by atoms with Crippen LogP contribution in [-0.4, -0.2) is 17.6 Å². The van der Waals surface area contributed by atoms with Crippen molar-refractivity contribution in [2.75, 3.05) is 11.9 Å². The van der Waals surface area contributed by atoms with E-state index in [1.807, 2.05) is 30.3 Å². The Kier molecular flexibility index (Phi) is 8.38. The predicted octanol–water partition coefficient (Wildman–Crippen LogP) is 4.06. The van der Waals surface area contributed by atoms with Gasteiger partial charge in [-0.05, 0) is 36.5 Å². The van der Waals surface area contributed by atoms with Crippen molar-refractivity contribution in [3.05, 3.63) is 65.2 Å². The molecule has 0 aromatic heterocycles. The maximum atomic E-state index is 10.6. The molecule has 2 aromatic carbocycles. The molecule has 1 unspecified atom stereocenters. The normalized spacial score (nSPS) is 13.7. The van der Waals surface area contributed by atoms with Gasteiger partial charge >= 0.3 is 0 Å². The lowest BCUT2D eigenvalue weighted by molar-refractivity contribution is 0.0674. The number of halogens is 1. The van der Waals surface area contributed by atoms with E-state index in [0.717, 1.165) is 24.1 Å². The van der Waals surface area contributed by atoms with Crippen molar-refractivity contribution in [3.8, 4) is 0 Å². The number of aryl methyl sites for hydroxylation is 2. The number of hydrogen-bond donors (Lipinski definition) is 3. The molecule has 4 N–H and O–H groups in total. The summed E-state index contributed by atoms with van der Waals surface area (Å²) in [7, 11) is 0. The third kappa shape index (κ3) is 5.71. The summed E-state index contributed by atoms with van der Waals surface area (Å²) < 4.78 is 0. The molecule has 0 saturated heterocycles. The number of nitrogens with zero attached hydrogens (tertiary/aromatic N) is 1. The molecule has 0 heterocycles. The number of benzene rings is 2. The van der Waals surface area contributed by atoms with E-state index in [2.05, 4.69) is 42.4 Å². The highest BCUT2D eigenvalue weighted by atomic mass is 127. The molecule has 0 saturated carbocycles. The largest absolute Gasteiger partial charge is 0.384 e. The van der Waals surface area contributed by atoms with Crippen molar-refractivity contribution in [1.82, 2.24) is 0 Å². The van der Waals surface area contributed by atoms with E-state index in [9.17, 15) is 5.11 Å². The smallest absolute Gasteiger partial charge is 0.193 e. The molecule has 4 nitrogen and oxygen atoms in total. The van der Waals surface area contributed by atoms with Crippen LogP contribution in [0.2, 0.25) is 0 Å². The molecular weight excluding hydrogens is 425 g/mol. The van der Waals surface area contributed by atoms with Gasteiger partial charge in [-0.1, -0.05) is 62.4 Å². The fourth-order valence-corrected chi connectivity index (χ4v) is 2.70. The highest BCUT2D eigenvalue weighted by Gasteiger charge is 2.22. The Morgan fingerprint density at radius 3 is 2.12 bits per heavy atom. The van der Waals surface area contributed by atoms with E-state index >= 15 is 0 Å². The Hall–Kier alpha value is -1.60. The summed E-state index contributed by atoms with van der Waals surface area (Å²) in [6, 6.07) is 15.8. The van der Waals surface area contributed by atoms with Crippen LogP contribution >= 0.6 is 24.0 Å². The van der Waals surface area contributed by atoms with E-state index in [-0.39, 0.29) is 30.5 Å². The standard InChI is InChI=1S/C20H27N3O.HI/c1-4-15-10-9-11-16(5-2)18(15)23-19(21)22-14-20(3,24)17-12-7-6-8-13-17;/h6-13,24H,4-5,14H2,1-3H3,(H3,21,22,23);1H. The number of aliphatic hydroxyl groups is 1. The minimum atomic E-state index is -1.05. The van der Waals surface area contributed by atoms with Gasteiger partial charge in [-0.25, -0.2) is 4.99 Å². The summed E-state index contributed by atoms with van der Waals surface area (Å²) in [5.74, 6) is 0.321. The van der Waals surface area contributed by atoms with Crippen molar-refractivity contribution >= 4 is 35.6 Å². The molecule has 0 bridgehead atoms. The second kappa shape index (κ2) is 9.77. The van der Waals surface area contributed by atoms with Crippen LogP contribution in [0.3, 0.4) is 0 Å². The zero-order chi connectivity index (χ0) is 17.6. The summed E-state index contributed by atoms with van der Waals surface area (Å²) >= 11 is 0. The second-order valence-corrected chi connectivity index (χ2v) is 6.12. The quantitative estimate of drug-likeness (QED) is 0.351. The van der Waals surface area contributed by atoms with Gasteiger partial charge in [0.15, 0.2) is 5.96 Å². The molecule has 0 fully saturated rings. The number of anilines is 1. The Morgan fingerprint density at radius 2 is 1.60 bits per heavy atom. The molecular formula is C20H28IN3O. The number of guanidine groups is 1. The van der Waals surface area contributed by atoms with Crippen LogP contribution in [0, 0.1) is 0 Å². The second-order valence-electron chi connectivity index (χ2n) is 6.12. The maximum absolute atomic E-state index is 10.6. The van der Waals surface area contributed by atoms with Crippen molar-refractivity contribution in [3.63, 3.8) is 0 Å². The van der Waals surface area contributed by atoms with Gasteiger partial charge in [-0.15, -0.1) is 24.0 Å². The first-order chi connectivity index (χ1) is 11.5. The van der Waals surface area contributed by atoms with Gasteiger partial charge in [0.05, 0.1) is 6.54 Å². The third-order valence-corrected chi connectivity index (χ3v) is 4.20. The molecule has 5 heteroatoms. The van der Waals surface area contributed by atoms with Crippen LogP contribution < -0.4 is 11.1 Å². The Bertz CT molecular complexity index is 677. The number of para-hydroxylation sites is 1. The lowest BCUT2D eigenvalue weighted by atomic mass is 9.96. The molecule has 2 aromatic rings. The van der Waals surface area contributed by atoms with Crippen LogP contribution in [0.15, 0.2) is 53.5 Å². The first-order valence-electron chi connectivity index (χ1n) is 8.43. The van der Waals surface area contributed by atoms with Crippen molar-refractivity contribution in [1.29, 1.82) is 0 Å². The minimum Gasteiger partial charge on any atom is -0.384 e. The molecule has 0 aliphatic heterocycles. The Balaban J connectivity index is 0.00000312. The van der Waals surface area contributed by atoms with E-state index in [0.29, 0.717) is 5.96 Å². The summed E-state index contributed by atoms with van der Waals surface area (Å²) in [6.07, 6.45) is 1.84. The van der Waals surface area contributed by atoms with Gasteiger partial charge in [0.25, 0.3) is 0 Å². The van der Waals surface area contributed by atoms with Crippen molar-refractivity contribution in [2.45, 2.75) is 39.2 Å². The highest BCUT2D eigenvalue weighted by Crippen LogP contribution is 2.23. The summed E-state index contributed by atoms with van der Waals surface area (Å²) in [5, 5.41) is 13.8. The van der Waals surface area contributed by atoms with E-state index in [1.165, 1.54) is 11.1 Å². The SMILES string of the molecule is CCc1cccc(CC)c1NC(N)=NCC(C)(O)c1ccccc1.I. The first-order valence-corrected chi connectivity index (χ1v) is 8.43. The van der Waals surface area contributed by atoms with Gasteiger partial charge in [0, 0.05) is 5.69 Å². The van der Waals surface area contributed by atoms with E-state index < -0.39 is 5.60 Å². The predicted molar refractivity (Wildman–Crippen MR) is 117 cm³/mol. The van der Waals surface area contributed by atoms with E-state index in [4.69, 9.17) is 5.73 Å². The summed E-state index contributed by atoms with van der Waals surface area (Å²) in [5.41, 5.74) is 9.29. The number of nitrogens with two attached hydrogens (primary N) is 1. The summed E-state index contributed by atoms with van der Waals surface area (Å²) in [4.78, 5) is 4.35. The van der Waals surface area contributed by atoms with Gasteiger partial charge in [0.1, 0.15) is 5.60 Å². The topological polar surface area (TPSA) is 70.6 Å². The zero-order valence-electron chi connectivity index (χ0n) is 15.1. The maximum Gasteiger partial charge on any atom is 0.193 e. The lowest BCUT2D eigenvalue weighted by Gasteiger charge is -2.22. The molecule has 1 atom stereocenters. The Morgan fingerprint density at radius 1 is 1.04 bits per heavy atom. The average Bonchev–Trinajstić information content (AvgIpc) is 2.61. The fraction of sp³-hybridized carbons (Fsp3) is 0.350. The average molecular weight is 453 g/mol. The number of hydrogen-bond acceptors (Lipinski definition) is 2. The molecule has 0 amide bonds. The highest BCUT2D eigenvalue weighted by molar-refractivity contribution is 14.0. The minimum absolute atomic E-state index is 0. The van der Waals surface area contributed by atoms with Crippen LogP contribution in [0.5, 0.6) is 0 Å². The Labute approximate surface area is 167 Å². The third-order valence-electron chi connectivity index (χ3n) is 4.20. The molecule has 0 aliphatic rings. The fourth-order valence-electron chi connectivity index (χ4n) is 2.70. The van der Waals surface area contributed by atoms with Crippen molar-refractivity contribution in [2.24, 2.45) is 10.7 Å². The number of rotatable bonds is 6. The lowest BCUT2D eigenvalue weighted by Crippen LogP contribution is -2.30. The first kappa shape index (κ1) is 21.4. The molecule has 25 heavy (non-hydrogen) atoms. The van der Waals surface area contributed by atoms with E-state index in [1.54, 1.807) is 6.92 Å². The van der Waals surface area contributed by atoms with Crippen LogP contribution in [0.1, 0.15) is 37.5 Å². The zero-order valence-corrected chi connectivity index (χ0v) is 17.5. The molecule has 136 valence electrons. The molecule has 2 rings (SSSR count). The van der Waals surface area contributed by atoms with Crippen molar-refractivity contribution < 1.29 is 5.11 Å². The number of aliphatic imine (C=N–C) groups is 1. The molecule has 0 aliphatic carbocycles. The van der Waals surface area contributed by atoms with Gasteiger partial charge in [-0.3, -0.25) is 0 Å². The summed E-state index contributed by atoms with van der Waals surface area (Å²) in [6.45, 7) is 6.18.